The number of rotatable bonds is 5. The Hall–Kier alpha value is -0.610. The van der Waals surface area contributed by atoms with Crippen molar-refractivity contribution >= 4 is 6.21 Å². The molecule has 154 valence electrons. The van der Waals surface area contributed by atoms with Gasteiger partial charge in [0.05, 0.1) is 6.10 Å². The minimum Gasteiger partial charge on any atom is -0.411 e. The number of hydrogen-bond acceptors (Lipinski definition) is 4. The summed E-state index contributed by atoms with van der Waals surface area (Å²) < 4.78 is 6.16. The number of nitrogens with two attached hydrogens (primary N) is 1. The predicted octanol–water partition coefficient (Wildman–Crippen LogP) is 4.84. The highest BCUT2D eigenvalue weighted by molar-refractivity contribution is 5.62. The van der Waals surface area contributed by atoms with E-state index in [4.69, 9.17) is 15.7 Å². The number of nitrogens with zero attached hydrogens (tertiary/aromatic N) is 1. The third-order valence-electron chi connectivity index (χ3n) is 9.64. The largest absolute Gasteiger partial charge is 0.411 e. The molecule has 0 aromatic carbocycles. The van der Waals surface area contributed by atoms with Crippen LogP contribution in [0.5, 0.6) is 0 Å². The van der Waals surface area contributed by atoms with Crippen LogP contribution in [0.2, 0.25) is 0 Å². The van der Waals surface area contributed by atoms with Crippen LogP contribution >= 0.6 is 0 Å². The molecule has 0 aromatic rings. The second-order valence-electron chi connectivity index (χ2n) is 10.6. The van der Waals surface area contributed by atoms with Gasteiger partial charge in [-0.05, 0) is 105 Å². The van der Waals surface area contributed by atoms with Crippen molar-refractivity contribution < 1.29 is 9.94 Å². The summed E-state index contributed by atoms with van der Waals surface area (Å²) in [5.74, 6) is 3.93. The first-order valence-electron chi connectivity index (χ1n) is 11.5. The molecule has 0 bridgehead atoms. The van der Waals surface area contributed by atoms with E-state index in [9.17, 15) is 0 Å². The summed E-state index contributed by atoms with van der Waals surface area (Å²) in [6.07, 6.45) is 15.2. The lowest BCUT2D eigenvalue weighted by molar-refractivity contribution is -0.131. The third kappa shape index (κ3) is 3.25. The fourth-order valence-electron chi connectivity index (χ4n) is 8.07. The van der Waals surface area contributed by atoms with Gasteiger partial charge in [0.15, 0.2) is 0 Å². The summed E-state index contributed by atoms with van der Waals surface area (Å²) in [5, 5.41) is 12.5. The molecule has 0 unspecified atom stereocenters. The SMILES string of the molecule is C[C@]12CC[C@H]3[C@@H](CC[C@@H]4C[C@@H](OCCCN)CC[C@@]43C)[C@H]1CC[C@@H]2/C=N/O. The van der Waals surface area contributed by atoms with Crippen LogP contribution in [0.1, 0.15) is 78.1 Å². The zero-order valence-electron chi connectivity index (χ0n) is 17.4. The van der Waals surface area contributed by atoms with Gasteiger partial charge in [-0.25, -0.2) is 0 Å². The molecular formula is C23H40N2O2. The molecule has 4 nitrogen and oxygen atoms in total. The first kappa shape index (κ1) is 19.7. The van der Waals surface area contributed by atoms with Crippen molar-refractivity contribution in [1.29, 1.82) is 0 Å². The maximum atomic E-state index is 9.11. The molecular weight excluding hydrogens is 336 g/mol. The summed E-state index contributed by atoms with van der Waals surface area (Å²) in [5.41, 5.74) is 6.50. The molecule has 4 heteroatoms. The molecule has 0 heterocycles. The standard InChI is InChI=1S/C23H40N2O2/c1-22-10-8-18(27-13-3-12-24)14-16(22)4-6-19-20-7-5-17(15-25-26)23(20,2)11-9-21(19)22/h15-21,26H,3-14,24H2,1-2H3/b25-15+/t16-,17-,18+,19+,20-,21+,22+,23-/m1/s1. The van der Waals surface area contributed by atoms with Crippen molar-refractivity contribution in [2.24, 2.45) is 51.3 Å². The summed E-state index contributed by atoms with van der Waals surface area (Å²) in [6, 6.07) is 0. The van der Waals surface area contributed by atoms with Gasteiger partial charge in [0.25, 0.3) is 0 Å². The summed E-state index contributed by atoms with van der Waals surface area (Å²) in [6.45, 7) is 6.68. The third-order valence-corrected chi connectivity index (χ3v) is 9.64. The van der Waals surface area contributed by atoms with Gasteiger partial charge in [-0.15, -0.1) is 5.16 Å². The van der Waals surface area contributed by atoms with Gasteiger partial charge in [-0.3, -0.25) is 0 Å². The molecule has 4 rings (SSSR count). The Morgan fingerprint density at radius 1 is 1.04 bits per heavy atom. The Balaban J connectivity index is 1.46. The van der Waals surface area contributed by atoms with Crippen LogP contribution in [0.25, 0.3) is 0 Å². The average molecular weight is 377 g/mol. The molecule has 0 spiro atoms. The van der Waals surface area contributed by atoms with Crippen molar-refractivity contribution in [3.63, 3.8) is 0 Å². The zero-order chi connectivity index (χ0) is 19.1. The van der Waals surface area contributed by atoms with Gasteiger partial charge < -0.3 is 15.7 Å². The second-order valence-corrected chi connectivity index (χ2v) is 10.6. The van der Waals surface area contributed by atoms with Gasteiger partial charge >= 0.3 is 0 Å². The first-order valence-corrected chi connectivity index (χ1v) is 11.5. The van der Waals surface area contributed by atoms with Gasteiger partial charge in [0.1, 0.15) is 0 Å². The van der Waals surface area contributed by atoms with Crippen LogP contribution in [-0.2, 0) is 4.74 Å². The fourth-order valence-corrected chi connectivity index (χ4v) is 8.07. The number of ether oxygens (including phenoxy) is 1. The molecule has 3 N–H and O–H groups in total. The monoisotopic (exact) mass is 376 g/mol. The molecule has 27 heavy (non-hydrogen) atoms. The molecule has 0 aromatic heterocycles. The van der Waals surface area contributed by atoms with Crippen molar-refractivity contribution in [2.45, 2.75) is 84.2 Å². The quantitative estimate of drug-likeness (QED) is 0.312. The van der Waals surface area contributed by atoms with E-state index < -0.39 is 0 Å². The molecule has 0 amide bonds. The Bertz CT molecular complexity index is 552. The van der Waals surface area contributed by atoms with Crippen molar-refractivity contribution in [3.8, 4) is 0 Å². The number of hydrogen-bond donors (Lipinski definition) is 2. The molecule has 4 aliphatic carbocycles. The number of fused-ring (bicyclic) bond motifs is 5. The normalized spacial score (nSPS) is 49.6. The zero-order valence-corrected chi connectivity index (χ0v) is 17.4. The molecule has 8 atom stereocenters. The van der Waals surface area contributed by atoms with Crippen molar-refractivity contribution in [2.75, 3.05) is 13.2 Å². The number of oxime groups is 1. The minimum absolute atomic E-state index is 0.360. The highest BCUT2D eigenvalue weighted by Gasteiger charge is 2.59. The Labute approximate surface area is 165 Å². The Kier molecular flexibility index (Phi) is 5.59. The maximum absolute atomic E-state index is 9.11. The van der Waals surface area contributed by atoms with Crippen LogP contribution in [0, 0.1) is 40.4 Å². The van der Waals surface area contributed by atoms with Crippen LogP contribution in [0.4, 0.5) is 0 Å². The first-order chi connectivity index (χ1) is 13.0. The summed E-state index contributed by atoms with van der Waals surface area (Å²) in [4.78, 5) is 0. The van der Waals surface area contributed by atoms with E-state index in [1.54, 1.807) is 0 Å². The predicted molar refractivity (Wildman–Crippen MR) is 109 cm³/mol. The average Bonchev–Trinajstić information content (AvgIpc) is 2.99. The second kappa shape index (κ2) is 7.67. The highest BCUT2D eigenvalue weighted by atomic mass is 16.5. The molecule has 4 saturated carbocycles. The van der Waals surface area contributed by atoms with E-state index in [2.05, 4.69) is 19.0 Å². The van der Waals surface area contributed by atoms with Crippen LogP contribution in [-0.4, -0.2) is 30.7 Å². The van der Waals surface area contributed by atoms with Crippen molar-refractivity contribution in [1.82, 2.24) is 0 Å². The van der Waals surface area contributed by atoms with Gasteiger partial charge in [-0.2, -0.15) is 0 Å². The summed E-state index contributed by atoms with van der Waals surface area (Å²) in [7, 11) is 0. The smallest absolute Gasteiger partial charge is 0.0578 e. The van der Waals surface area contributed by atoms with Gasteiger partial charge in [0.2, 0.25) is 0 Å². The van der Waals surface area contributed by atoms with E-state index >= 15 is 0 Å². The van der Waals surface area contributed by atoms with Gasteiger partial charge in [0, 0.05) is 18.7 Å². The lowest BCUT2D eigenvalue weighted by atomic mass is 9.44. The fraction of sp³-hybridized carbons (Fsp3) is 0.957. The minimum atomic E-state index is 0.360. The maximum Gasteiger partial charge on any atom is 0.0578 e. The lowest BCUT2D eigenvalue weighted by Crippen LogP contribution is -2.54. The van der Waals surface area contributed by atoms with E-state index in [0.29, 0.717) is 22.9 Å². The summed E-state index contributed by atoms with van der Waals surface area (Å²) >= 11 is 0. The van der Waals surface area contributed by atoms with E-state index in [1.165, 1.54) is 57.8 Å². The molecule has 4 aliphatic rings. The topological polar surface area (TPSA) is 67.8 Å². The lowest BCUT2D eigenvalue weighted by Gasteiger charge is -2.61. The van der Waals surface area contributed by atoms with Crippen LogP contribution in [0.3, 0.4) is 0 Å². The molecule has 4 fully saturated rings. The van der Waals surface area contributed by atoms with Crippen LogP contribution in [0.15, 0.2) is 5.16 Å². The van der Waals surface area contributed by atoms with Crippen LogP contribution < -0.4 is 5.73 Å². The van der Waals surface area contributed by atoms with E-state index in [1.807, 2.05) is 6.21 Å². The van der Waals surface area contributed by atoms with E-state index in [-0.39, 0.29) is 0 Å². The Morgan fingerprint density at radius 2 is 1.81 bits per heavy atom. The Morgan fingerprint density at radius 3 is 2.59 bits per heavy atom. The van der Waals surface area contributed by atoms with Gasteiger partial charge in [-0.1, -0.05) is 13.8 Å². The van der Waals surface area contributed by atoms with E-state index in [0.717, 1.165) is 43.2 Å². The molecule has 0 radical (unpaired) electrons. The molecule has 0 saturated heterocycles. The molecule has 0 aliphatic heterocycles. The highest BCUT2D eigenvalue weighted by Crippen LogP contribution is 2.67. The van der Waals surface area contributed by atoms with Crippen molar-refractivity contribution in [3.05, 3.63) is 0 Å².